The number of aromatic nitrogens is 1. The highest BCUT2D eigenvalue weighted by Crippen LogP contribution is 2.53. The van der Waals surface area contributed by atoms with E-state index in [0.717, 1.165) is 0 Å². The molecular formula is C8H13NO7PS+. The summed E-state index contributed by atoms with van der Waals surface area (Å²) in [7, 11) is -9.23. The third-order valence-electron chi connectivity index (χ3n) is 2.30. The predicted octanol–water partition coefficient (Wildman–Crippen LogP) is -1.23. The molecule has 1 aromatic rings. The molecule has 0 bridgehead atoms. The molecule has 8 nitrogen and oxygen atoms in total. The first-order valence-corrected chi connectivity index (χ1v) is 7.72. The van der Waals surface area contributed by atoms with Gasteiger partial charge in [0, 0.05) is 18.1 Å². The summed E-state index contributed by atoms with van der Waals surface area (Å²) in [6.07, 6.45) is 2.05. The van der Waals surface area contributed by atoms with Crippen LogP contribution in [0.3, 0.4) is 0 Å². The van der Waals surface area contributed by atoms with E-state index in [4.69, 9.17) is 14.3 Å². The van der Waals surface area contributed by atoms with Crippen LogP contribution in [0.5, 0.6) is 0 Å². The molecule has 0 amide bonds. The lowest BCUT2D eigenvalue weighted by Crippen LogP contribution is -2.41. The van der Waals surface area contributed by atoms with Crippen molar-refractivity contribution < 1.29 is 37.0 Å². The minimum atomic E-state index is -5.48. The Balaban J connectivity index is 3.29. The second-order valence-corrected chi connectivity index (χ2v) is 7.57. The molecule has 1 atom stereocenters. The molecule has 0 aromatic carbocycles. The monoisotopic (exact) mass is 298 g/mol. The van der Waals surface area contributed by atoms with Gasteiger partial charge < -0.3 is 14.9 Å². The Morgan fingerprint density at radius 1 is 1.44 bits per heavy atom. The standard InChI is InChI=1S/C8H12NO7PS/c1-9-4-2-3-7(6-9)5-8(10,17(11,12)13)18(14,15)16/h2-4,6,10H,5H2,1H3,(H2-,11,12,13,14,15,16)/p+1. The van der Waals surface area contributed by atoms with Crippen LogP contribution in [0.25, 0.3) is 0 Å². The number of pyridine rings is 1. The fourth-order valence-corrected chi connectivity index (χ4v) is 3.30. The molecular weight excluding hydrogens is 285 g/mol. The Morgan fingerprint density at radius 3 is 2.39 bits per heavy atom. The highest BCUT2D eigenvalue weighted by molar-refractivity contribution is 7.94. The van der Waals surface area contributed by atoms with Crippen LogP contribution in [-0.4, -0.2) is 32.5 Å². The average molecular weight is 298 g/mol. The number of hydrogen-bond acceptors (Lipinski definition) is 4. The third kappa shape index (κ3) is 2.94. The summed E-state index contributed by atoms with van der Waals surface area (Å²) in [4.78, 5) is 17.8. The highest BCUT2D eigenvalue weighted by atomic mass is 32.2. The van der Waals surface area contributed by atoms with Gasteiger partial charge in [0.15, 0.2) is 12.4 Å². The van der Waals surface area contributed by atoms with Crippen LogP contribution in [0.15, 0.2) is 24.5 Å². The number of hydrogen-bond donors (Lipinski definition) is 4. The minimum absolute atomic E-state index is 0.142. The van der Waals surface area contributed by atoms with Crippen LogP contribution in [0.1, 0.15) is 5.56 Å². The van der Waals surface area contributed by atoms with Gasteiger partial charge in [-0.1, -0.05) is 0 Å². The first kappa shape index (κ1) is 15.2. The summed E-state index contributed by atoms with van der Waals surface area (Å²) in [6.45, 7) is 0. The first-order valence-electron chi connectivity index (χ1n) is 4.66. The highest BCUT2D eigenvalue weighted by Gasteiger charge is 2.56. The Morgan fingerprint density at radius 2 is 2.00 bits per heavy atom. The first-order chi connectivity index (χ1) is 7.97. The second-order valence-electron chi connectivity index (χ2n) is 3.82. The largest absolute Gasteiger partial charge is 0.375 e. The smallest absolute Gasteiger partial charge is 0.363 e. The topological polar surface area (TPSA) is 136 Å². The summed E-state index contributed by atoms with van der Waals surface area (Å²) in [5, 5.41) is 9.62. The Hall–Kier alpha value is -0.830. The summed E-state index contributed by atoms with van der Waals surface area (Å²) in [5.41, 5.74) is 0.142. The van der Waals surface area contributed by atoms with Gasteiger partial charge >= 0.3 is 17.7 Å². The van der Waals surface area contributed by atoms with Gasteiger partial charge in [0.1, 0.15) is 7.05 Å². The van der Waals surface area contributed by atoms with Crippen molar-refractivity contribution in [3.05, 3.63) is 30.1 Å². The Bertz CT molecular complexity index is 595. The second kappa shape index (κ2) is 4.69. The number of aliphatic hydroxyl groups is 1. The van der Waals surface area contributed by atoms with Crippen LogP contribution in [0, 0.1) is 0 Å². The SMILES string of the molecule is C[n+]1cccc(CC(O)(P(=O)(O)O)S(=O)(=O)O)c1. The molecule has 1 unspecified atom stereocenters. The molecule has 1 aromatic heterocycles. The molecule has 0 aliphatic heterocycles. The zero-order chi connectivity index (χ0) is 14.2. The maximum absolute atomic E-state index is 11.1. The lowest BCUT2D eigenvalue weighted by atomic mass is 10.2. The average Bonchev–Trinajstić information content (AvgIpc) is 2.13. The quantitative estimate of drug-likeness (QED) is 0.310. The zero-order valence-electron chi connectivity index (χ0n) is 9.33. The normalized spacial score (nSPS) is 16.3. The fraction of sp³-hybridized carbons (Fsp3) is 0.375. The Kier molecular flexibility index (Phi) is 3.97. The predicted molar refractivity (Wildman–Crippen MR) is 59.9 cm³/mol. The molecule has 10 heteroatoms. The molecule has 102 valence electrons. The number of nitrogens with zero attached hydrogens (tertiary/aromatic N) is 1. The van der Waals surface area contributed by atoms with Gasteiger partial charge in [0.25, 0.3) is 4.67 Å². The van der Waals surface area contributed by atoms with Crippen molar-refractivity contribution in [3.8, 4) is 0 Å². The van der Waals surface area contributed by atoms with Crippen molar-refractivity contribution in [2.75, 3.05) is 0 Å². The van der Waals surface area contributed by atoms with Crippen molar-refractivity contribution in [1.82, 2.24) is 0 Å². The molecule has 0 saturated carbocycles. The summed E-state index contributed by atoms with van der Waals surface area (Å²) in [6, 6.07) is 2.87. The van der Waals surface area contributed by atoms with Gasteiger partial charge in [-0.15, -0.1) is 0 Å². The molecule has 0 saturated heterocycles. The molecule has 0 fully saturated rings. The van der Waals surface area contributed by atoms with E-state index in [-0.39, 0.29) is 5.56 Å². The van der Waals surface area contributed by atoms with Crippen molar-refractivity contribution in [3.63, 3.8) is 0 Å². The number of rotatable bonds is 4. The van der Waals surface area contributed by atoms with Crippen LogP contribution in [0.4, 0.5) is 0 Å². The van der Waals surface area contributed by atoms with E-state index >= 15 is 0 Å². The van der Waals surface area contributed by atoms with E-state index in [1.165, 1.54) is 22.9 Å². The molecule has 0 aliphatic carbocycles. The summed E-state index contributed by atoms with van der Waals surface area (Å²) in [5.74, 6) is 0. The maximum Gasteiger partial charge on any atom is 0.375 e. The van der Waals surface area contributed by atoms with Crippen molar-refractivity contribution in [2.45, 2.75) is 11.1 Å². The van der Waals surface area contributed by atoms with E-state index in [1.54, 1.807) is 13.2 Å². The van der Waals surface area contributed by atoms with E-state index in [2.05, 4.69) is 0 Å². The fourth-order valence-electron chi connectivity index (χ4n) is 1.36. The van der Waals surface area contributed by atoms with Crippen molar-refractivity contribution >= 4 is 17.7 Å². The lowest BCUT2D eigenvalue weighted by Gasteiger charge is -2.24. The molecule has 0 aliphatic rings. The van der Waals surface area contributed by atoms with Gasteiger partial charge in [-0.25, -0.2) is 4.57 Å². The van der Waals surface area contributed by atoms with Gasteiger partial charge in [-0.3, -0.25) is 9.12 Å². The van der Waals surface area contributed by atoms with Crippen LogP contribution in [-0.2, 0) is 28.2 Å². The van der Waals surface area contributed by atoms with Gasteiger partial charge in [-0.05, 0) is 6.07 Å². The summed E-state index contributed by atoms with van der Waals surface area (Å²) >= 11 is 0. The molecule has 18 heavy (non-hydrogen) atoms. The van der Waals surface area contributed by atoms with E-state index in [9.17, 15) is 18.1 Å². The molecule has 4 N–H and O–H groups in total. The van der Waals surface area contributed by atoms with Gasteiger partial charge in [0.2, 0.25) is 0 Å². The summed E-state index contributed by atoms with van der Waals surface area (Å²) < 4.78 is 39.9. The van der Waals surface area contributed by atoms with E-state index in [0.29, 0.717) is 0 Å². The van der Waals surface area contributed by atoms with Crippen LogP contribution < -0.4 is 4.57 Å². The van der Waals surface area contributed by atoms with Gasteiger partial charge in [-0.2, -0.15) is 8.42 Å². The molecule has 1 heterocycles. The van der Waals surface area contributed by atoms with Crippen molar-refractivity contribution in [1.29, 1.82) is 0 Å². The Labute approximate surface area is 103 Å². The number of aryl methyl sites for hydroxylation is 1. The zero-order valence-corrected chi connectivity index (χ0v) is 11.0. The lowest BCUT2D eigenvalue weighted by molar-refractivity contribution is -0.671. The minimum Gasteiger partial charge on any atom is -0.363 e. The maximum atomic E-state index is 11.1. The molecule has 0 radical (unpaired) electrons. The van der Waals surface area contributed by atoms with Crippen LogP contribution in [0.2, 0.25) is 0 Å². The van der Waals surface area contributed by atoms with Gasteiger partial charge in [0.05, 0.1) is 0 Å². The van der Waals surface area contributed by atoms with Crippen molar-refractivity contribution in [2.24, 2.45) is 7.05 Å². The molecule has 1 rings (SSSR count). The van der Waals surface area contributed by atoms with Crippen LogP contribution >= 0.6 is 7.60 Å². The third-order valence-corrected chi connectivity index (χ3v) is 5.75. The van der Waals surface area contributed by atoms with E-state index < -0.39 is 28.8 Å². The van der Waals surface area contributed by atoms with E-state index in [1.807, 2.05) is 0 Å². The molecule has 0 spiro atoms.